The summed E-state index contributed by atoms with van der Waals surface area (Å²) in [4.78, 5) is 13.4. The Hall–Kier alpha value is -2.59. The fourth-order valence-electron chi connectivity index (χ4n) is 2.79. The van der Waals surface area contributed by atoms with Crippen molar-refractivity contribution >= 4 is 43.0 Å². The Kier molecular flexibility index (Phi) is 5.11. The number of amides is 1. The first-order valence-corrected chi connectivity index (χ1v) is 11.5. The van der Waals surface area contributed by atoms with Crippen LogP contribution in [0.3, 0.4) is 0 Å². The van der Waals surface area contributed by atoms with Gasteiger partial charge in [-0.15, -0.1) is 0 Å². The molecule has 2 N–H and O–H groups in total. The zero-order valence-electron chi connectivity index (χ0n) is 14.5. The van der Waals surface area contributed by atoms with Gasteiger partial charge in [0.25, 0.3) is 10.0 Å². The van der Waals surface area contributed by atoms with Gasteiger partial charge in [0.2, 0.25) is 15.9 Å². The SMILES string of the molecule is CS(=O)(=O)Nc1ccccc1NS(=O)(=O)c1ccc(N2CCCC2=O)cc1. The van der Waals surface area contributed by atoms with E-state index in [0.717, 1.165) is 12.7 Å². The lowest BCUT2D eigenvalue weighted by Crippen LogP contribution is -2.23. The first-order chi connectivity index (χ1) is 12.7. The summed E-state index contributed by atoms with van der Waals surface area (Å²) in [5.74, 6) is 0.0181. The Balaban J connectivity index is 1.84. The van der Waals surface area contributed by atoms with Crippen LogP contribution in [0.25, 0.3) is 0 Å². The number of nitrogens with zero attached hydrogens (tertiary/aromatic N) is 1. The minimum absolute atomic E-state index is 0.00653. The summed E-state index contributed by atoms with van der Waals surface area (Å²) < 4.78 is 52.9. The molecule has 2 aromatic rings. The normalized spacial score (nSPS) is 15.0. The highest BCUT2D eigenvalue weighted by Gasteiger charge is 2.23. The van der Waals surface area contributed by atoms with Gasteiger partial charge in [-0.05, 0) is 42.8 Å². The van der Waals surface area contributed by atoms with Crippen LogP contribution in [0.15, 0.2) is 53.4 Å². The van der Waals surface area contributed by atoms with Crippen molar-refractivity contribution in [3.05, 3.63) is 48.5 Å². The monoisotopic (exact) mass is 409 g/mol. The predicted octanol–water partition coefficient (Wildman–Crippen LogP) is 1.99. The lowest BCUT2D eigenvalue weighted by molar-refractivity contribution is -0.117. The summed E-state index contributed by atoms with van der Waals surface area (Å²) in [5, 5.41) is 0. The van der Waals surface area contributed by atoms with Crippen molar-refractivity contribution < 1.29 is 21.6 Å². The summed E-state index contributed by atoms with van der Waals surface area (Å²) in [7, 11) is -7.50. The van der Waals surface area contributed by atoms with Gasteiger partial charge in [0.1, 0.15) is 0 Å². The number of nitrogens with one attached hydrogen (secondary N) is 2. The fourth-order valence-corrected chi connectivity index (χ4v) is 4.45. The van der Waals surface area contributed by atoms with Gasteiger partial charge in [0.05, 0.1) is 22.5 Å². The molecule has 0 aliphatic carbocycles. The molecular weight excluding hydrogens is 390 g/mol. The van der Waals surface area contributed by atoms with E-state index in [1.54, 1.807) is 29.2 Å². The summed E-state index contributed by atoms with van der Waals surface area (Å²) in [5.41, 5.74) is 0.889. The van der Waals surface area contributed by atoms with Crippen LogP contribution in [0.4, 0.5) is 17.1 Å². The van der Waals surface area contributed by atoms with Crippen LogP contribution in [-0.2, 0) is 24.8 Å². The summed E-state index contributed by atoms with van der Waals surface area (Å²) in [6.07, 6.45) is 2.26. The van der Waals surface area contributed by atoms with E-state index in [9.17, 15) is 21.6 Å². The number of para-hydroxylation sites is 2. The van der Waals surface area contributed by atoms with Crippen LogP contribution < -0.4 is 14.3 Å². The zero-order chi connectivity index (χ0) is 19.7. The number of hydrogen-bond donors (Lipinski definition) is 2. The highest BCUT2D eigenvalue weighted by molar-refractivity contribution is 7.93. The lowest BCUT2D eigenvalue weighted by atomic mass is 10.3. The van der Waals surface area contributed by atoms with Gasteiger partial charge in [-0.1, -0.05) is 12.1 Å². The average Bonchev–Trinajstić information content (AvgIpc) is 3.01. The number of anilines is 3. The summed E-state index contributed by atoms with van der Waals surface area (Å²) >= 11 is 0. The number of rotatable bonds is 6. The standard InChI is InChI=1S/C17H19N3O5S2/c1-26(22,23)18-15-5-2-3-6-16(15)19-27(24,25)14-10-8-13(9-11-14)20-12-4-7-17(20)21/h2-3,5-6,8-11,18-19H,4,7,12H2,1H3. The van der Waals surface area contributed by atoms with Crippen molar-refractivity contribution in [1.82, 2.24) is 0 Å². The van der Waals surface area contributed by atoms with Crippen molar-refractivity contribution in [3.63, 3.8) is 0 Å². The first kappa shape index (κ1) is 19.2. The number of carbonyl (C=O) groups is 1. The maximum atomic E-state index is 12.6. The van der Waals surface area contributed by atoms with E-state index in [0.29, 0.717) is 18.7 Å². The number of benzene rings is 2. The number of sulfonamides is 2. The third-order valence-corrected chi connectivity index (χ3v) is 5.97. The van der Waals surface area contributed by atoms with Gasteiger partial charge in [-0.25, -0.2) is 16.8 Å². The molecule has 1 amide bonds. The second-order valence-electron chi connectivity index (χ2n) is 6.17. The molecule has 27 heavy (non-hydrogen) atoms. The molecule has 3 rings (SSSR count). The Morgan fingerprint density at radius 3 is 2.00 bits per heavy atom. The first-order valence-electron chi connectivity index (χ1n) is 8.16. The van der Waals surface area contributed by atoms with Crippen molar-refractivity contribution in [2.45, 2.75) is 17.7 Å². The molecule has 2 aromatic carbocycles. The fraction of sp³-hybridized carbons (Fsp3) is 0.235. The molecule has 0 spiro atoms. The van der Waals surface area contributed by atoms with Crippen LogP contribution in [0.5, 0.6) is 0 Å². The van der Waals surface area contributed by atoms with Crippen molar-refractivity contribution in [2.75, 3.05) is 27.1 Å². The molecule has 0 saturated carbocycles. The molecule has 0 atom stereocenters. The minimum atomic E-state index is -3.93. The second-order valence-corrected chi connectivity index (χ2v) is 9.60. The van der Waals surface area contributed by atoms with Crippen LogP contribution in [0.2, 0.25) is 0 Å². The Morgan fingerprint density at radius 1 is 0.889 bits per heavy atom. The minimum Gasteiger partial charge on any atom is -0.312 e. The van der Waals surface area contributed by atoms with Gasteiger partial charge in [0.15, 0.2) is 0 Å². The van der Waals surface area contributed by atoms with Crippen molar-refractivity contribution in [3.8, 4) is 0 Å². The maximum absolute atomic E-state index is 12.6. The van der Waals surface area contributed by atoms with Crippen LogP contribution >= 0.6 is 0 Å². The van der Waals surface area contributed by atoms with Gasteiger partial charge < -0.3 is 4.90 Å². The zero-order valence-corrected chi connectivity index (χ0v) is 16.2. The quantitative estimate of drug-likeness (QED) is 0.758. The third kappa shape index (κ3) is 4.58. The maximum Gasteiger partial charge on any atom is 0.261 e. The molecular formula is C17H19N3O5S2. The smallest absolute Gasteiger partial charge is 0.261 e. The predicted molar refractivity (Wildman–Crippen MR) is 104 cm³/mol. The van der Waals surface area contributed by atoms with E-state index in [4.69, 9.17) is 0 Å². The van der Waals surface area contributed by atoms with E-state index in [1.165, 1.54) is 24.3 Å². The van der Waals surface area contributed by atoms with Crippen molar-refractivity contribution in [1.29, 1.82) is 0 Å². The highest BCUT2D eigenvalue weighted by Crippen LogP contribution is 2.27. The topological polar surface area (TPSA) is 113 Å². The molecule has 0 unspecified atom stereocenters. The lowest BCUT2D eigenvalue weighted by Gasteiger charge is -2.16. The molecule has 8 nitrogen and oxygen atoms in total. The molecule has 1 heterocycles. The van der Waals surface area contributed by atoms with Gasteiger partial charge in [-0.3, -0.25) is 14.2 Å². The number of hydrogen-bond acceptors (Lipinski definition) is 5. The van der Waals surface area contributed by atoms with E-state index in [1.807, 2.05) is 0 Å². The van der Waals surface area contributed by atoms with Crippen LogP contribution in [0, 0.1) is 0 Å². The molecule has 1 aliphatic rings. The second kappa shape index (κ2) is 7.20. The van der Waals surface area contributed by atoms with Gasteiger partial charge in [0, 0.05) is 18.7 Å². The van der Waals surface area contributed by atoms with Crippen LogP contribution in [-0.4, -0.2) is 35.5 Å². The van der Waals surface area contributed by atoms with Gasteiger partial charge >= 0.3 is 0 Å². The molecule has 10 heteroatoms. The Bertz CT molecular complexity index is 1060. The molecule has 0 aromatic heterocycles. The molecule has 144 valence electrons. The molecule has 1 fully saturated rings. The summed E-state index contributed by atoms with van der Waals surface area (Å²) in [6.45, 7) is 0.619. The van der Waals surface area contributed by atoms with Crippen LogP contribution in [0.1, 0.15) is 12.8 Å². The average molecular weight is 409 g/mol. The van der Waals surface area contributed by atoms with Crippen molar-refractivity contribution in [2.24, 2.45) is 0 Å². The van der Waals surface area contributed by atoms with E-state index in [-0.39, 0.29) is 22.2 Å². The largest absolute Gasteiger partial charge is 0.312 e. The third-order valence-electron chi connectivity index (χ3n) is 4.00. The van der Waals surface area contributed by atoms with E-state index >= 15 is 0 Å². The van der Waals surface area contributed by atoms with E-state index in [2.05, 4.69) is 9.44 Å². The molecule has 1 saturated heterocycles. The number of carbonyl (C=O) groups excluding carboxylic acids is 1. The van der Waals surface area contributed by atoms with E-state index < -0.39 is 20.0 Å². The summed E-state index contributed by atoms with van der Waals surface area (Å²) in [6, 6.07) is 12.1. The Morgan fingerprint density at radius 2 is 1.48 bits per heavy atom. The molecule has 1 aliphatic heterocycles. The van der Waals surface area contributed by atoms with Gasteiger partial charge in [-0.2, -0.15) is 0 Å². The highest BCUT2D eigenvalue weighted by atomic mass is 32.2. The Labute approximate surface area is 158 Å². The molecule has 0 bridgehead atoms. The molecule has 0 radical (unpaired) electrons.